The number of anilines is 1. The molecule has 0 fully saturated rings. The highest BCUT2D eigenvalue weighted by Gasteiger charge is 2.14. The molecule has 2 aromatic rings. The molecule has 2 rings (SSSR count). The second kappa shape index (κ2) is 3.53. The van der Waals surface area contributed by atoms with Crippen LogP contribution in [-0.2, 0) is 0 Å². The van der Waals surface area contributed by atoms with E-state index in [1.54, 1.807) is 0 Å². The van der Waals surface area contributed by atoms with Crippen LogP contribution in [0.3, 0.4) is 0 Å². The number of nitrogens with one attached hydrogen (secondary N) is 1. The lowest BCUT2D eigenvalue weighted by molar-refractivity contribution is 0.103. The van der Waals surface area contributed by atoms with Crippen molar-refractivity contribution in [3.8, 4) is 0 Å². The summed E-state index contributed by atoms with van der Waals surface area (Å²) in [6, 6.07) is 5.23. The number of hydrogen-bond acceptors (Lipinski definition) is 3. The fourth-order valence-electron chi connectivity index (χ4n) is 1.22. The van der Waals surface area contributed by atoms with Gasteiger partial charge in [-0.2, -0.15) is 0 Å². The molecule has 1 heterocycles. The van der Waals surface area contributed by atoms with E-state index in [1.165, 1.54) is 30.6 Å². The number of aromatic amines is 1. The van der Waals surface area contributed by atoms with Crippen molar-refractivity contribution in [3.05, 3.63) is 47.7 Å². The number of imidazole rings is 1. The molecule has 0 saturated heterocycles. The smallest absolute Gasteiger partial charge is 0.215 e. The number of carbonyl (C=O) groups is 1. The third-order valence-corrected chi connectivity index (χ3v) is 1.99. The first-order chi connectivity index (χ1) is 7.18. The molecule has 4 nitrogen and oxygen atoms in total. The second-order valence-corrected chi connectivity index (χ2v) is 3.00. The third kappa shape index (κ3) is 1.71. The number of nitrogens with two attached hydrogens (primary N) is 1. The predicted octanol–water partition coefficient (Wildman–Crippen LogP) is 1.36. The van der Waals surface area contributed by atoms with Crippen molar-refractivity contribution in [3.63, 3.8) is 0 Å². The van der Waals surface area contributed by atoms with Crippen LogP contribution in [0.15, 0.2) is 30.6 Å². The standard InChI is InChI=1S/C10H8FN3O/c11-7-3-1-6(2-4-7)9(15)8-10(12)14-5-13-8/h1-5H,12H2,(H,13,14). The van der Waals surface area contributed by atoms with Gasteiger partial charge in [0, 0.05) is 5.56 Å². The van der Waals surface area contributed by atoms with Crippen LogP contribution in [0.5, 0.6) is 0 Å². The van der Waals surface area contributed by atoms with E-state index in [0.717, 1.165) is 0 Å². The van der Waals surface area contributed by atoms with Crippen LogP contribution >= 0.6 is 0 Å². The van der Waals surface area contributed by atoms with Crippen molar-refractivity contribution in [2.24, 2.45) is 0 Å². The number of nitrogens with zero attached hydrogens (tertiary/aromatic N) is 1. The van der Waals surface area contributed by atoms with Crippen molar-refractivity contribution in [2.75, 3.05) is 5.73 Å². The van der Waals surface area contributed by atoms with Gasteiger partial charge in [-0.05, 0) is 24.3 Å². The van der Waals surface area contributed by atoms with Gasteiger partial charge in [-0.3, -0.25) is 4.79 Å². The van der Waals surface area contributed by atoms with Gasteiger partial charge in [-0.1, -0.05) is 0 Å². The van der Waals surface area contributed by atoms with Gasteiger partial charge in [0.2, 0.25) is 5.78 Å². The molecule has 5 heteroatoms. The van der Waals surface area contributed by atoms with Gasteiger partial charge in [0.1, 0.15) is 11.6 Å². The zero-order valence-electron chi connectivity index (χ0n) is 7.70. The minimum Gasteiger partial charge on any atom is -0.383 e. The number of nitrogen functional groups attached to an aromatic ring is 1. The summed E-state index contributed by atoms with van der Waals surface area (Å²) >= 11 is 0. The number of H-pyrrole nitrogens is 1. The summed E-state index contributed by atoms with van der Waals surface area (Å²) in [5, 5.41) is 0. The van der Waals surface area contributed by atoms with Crippen molar-refractivity contribution in [2.45, 2.75) is 0 Å². The SMILES string of the molecule is Nc1[nH]cnc1C(=O)c1ccc(F)cc1. The highest BCUT2D eigenvalue weighted by atomic mass is 19.1. The summed E-state index contributed by atoms with van der Waals surface area (Å²) in [7, 11) is 0. The van der Waals surface area contributed by atoms with Crippen LogP contribution in [0, 0.1) is 5.82 Å². The first-order valence-electron chi connectivity index (χ1n) is 4.27. The van der Waals surface area contributed by atoms with Gasteiger partial charge < -0.3 is 10.7 Å². The fourth-order valence-corrected chi connectivity index (χ4v) is 1.22. The topological polar surface area (TPSA) is 71.8 Å². The lowest BCUT2D eigenvalue weighted by atomic mass is 10.1. The number of carbonyl (C=O) groups excluding carboxylic acids is 1. The minimum atomic E-state index is -0.387. The highest BCUT2D eigenvalue weighted by Crippen LogP contribution is 2.12. The number of aromatic nitrogens is 2. The van der Waals surface area contributed by atoms with Gasteiger partial charge in [0.25, 0.3) is 0 Å². The molecule has 0 saturated carbocycles. The number of benzene rings is 1. The lowest BCUT2D eigenvalue weighted by Crippen LogP contribution is -2.05. The highest BCUT2D eigenvalue weighted by molar-refractivity contribution is 6.10. The largest absolute Gasteiger partial charge is 0.383 e. The summed E-state index contributed by atoms with van der Waals surface area (Å²) in [5.41, 5.74) is 6.01. The Morgan fingerprint density at radius 2 is 2.00 bits per heavy atom. The van der Waals surface area contributed by atoms with Crippen LogP contribution in [0.1, 0.15) is 16.1 Å². The molecule has 3 N–H and O–H groups in total. The Morgan fingerprint density at radius 3 is 2.53 bits per heavy atom. The van der Waals surface area contributed by atoms with Gasteiger partial charge in [-0.25, -0.2) is 9.37 Å². The van der Waals surface area contributed by atoms with Crippen molar-refractivity contribution in [1.29, 1.82) is 0 Å². The first-order valence-corrected chi connectivity index (χ1v) is 4.27. The van der Waals surface area contributed by atoms with E-state index in [9.17, 15) is 9.18 Å². The first kappa shape index (κ1) is 9.39. The monoisotopic (exact) mass is 205 g/mol. The van der Waals surface area contributed by atoms with Crippen LogP contribution < -0.4 is 5.73 Å². The average molecular weight is 205 g/mol. The van der Waals surface area contributed by atoms with Crippen LogP contribution in [0.2, 0.25) is 0 Å². The van der Waals surface area contributed by atoms with Gasteiger partial charge in [0.05, 0.1) is 6.33 Å². The second-order valence-electron chi connectivity index (χ2n) is 3.00. The summed E-state index contributed by atoms with van der Waals surface area (Å²) in [6.07, 6.45) is 1.34. The molecule has 0 unspecified atom stereocenters. The molecule has 76 valence electrons. The maximum absolute atomic E-state index is 12.6. The van der Waals surface area contributed by atoms with Gasteiger partial charge in [-0.15, -0.1) is 0 Å². The van der Waals surface area contributed by atoms with Crippen molar-refractivity contribution < 1.29 is 9.18 Å². The molecule has 15 heavy (non-hydrogen) atoms. The number of hydrogen-bond donors (Lipinski definition) is 2. The average Bonchev–Trinajstić information content (AvgIpc) is 2.65. The van der Waals surface area contributed by atoms with Crippen LogP contribution in [0.25, 0.3) is 0 Å². The Labute approximate surface area is 84.9 Å². The Balaban J connectivity index is 2.37. The van der Waals surface area contributed by atoms with E-state index in [1.807, 2.05) is 0 Å². The van der Waals surface area contributed by atoms with Crippen molar-refractivity contribution in [1.82, 2.24) is 9.97 Å². The zero-order chi connectivity index (χ0) is 10.8. The van der Waals surface area contributed by atoms with E-state index >= 15 is 0 Å². The molecule has 0 aliphatic rings. The minimum absolute atomic E-state index is 0.154. The van der Waals surface area contributed by atoms with E-state index in [4.69, 9.17) is 5.73 Å². The van der Waals surface area contributed by atoms with Gasteiger partial charge >= 0.3 is 0 Å². The number of halogens is 1. The number of ketones is 1. The summed E-state index contributed by atoms with van der Waals surface area (Å²) in [5.74, 6) is -0.500. The van der Waals surface area contributed by atoms with Crippen molar-refractivity contribution >= 4 is 11.6 Å². The molecule has 1 aromatic heterocycles. The third-order valence-electron chi connectivity index (χ3n) is 1.99. The zero-order valence-corrected chi connectivity index (χ0v) is 7.70. The molecule has 0 radical (unpaired) electrons. The normalized spacial score (nSPS) is 10.2. The maximum Gasteiger partial charge on any atom is 0.215 e. The molecule has 0 aliphatic heterocycles. The van der Waals surface area contributed by atoms with E-state index in [0.29, 0.717) is 5.56 Å². The van der Waals surface area contributed by atoms with E-state index < -0.39 is 0 Å². The fraction of sp³-hybridized carbons (Fsp3) is 0. The lowest BCUT2D eigenvalue weighted by Gasteiger charge is -1.98. The van der Waals surface area contributed by atoms with E-state index in [-0.39, 0.29) is 23.1 Å². The molecular formula is C10H8FN3O. The number of rotatable bonds is 2. The molecular weight excluding hydrogens is 197 g/mol. The summed E-state index contributed by atoms with van der Waals surface area (Å²) in [6.45, 7) is 0. The Kier molecular flexibility index (Phi) is 2.21. The Hall–Kier alpha value is -2.17. The molecule has 0 bridgehead atoms. The Bertz CT molecular complexity index is 490. The van der Waals surface area contributed by atoms with Crippen LogP contribution in [0.4, 0.5) is 10.2 Å². The van der Waals surface area contributed by atoms with Crippen LogP contribution in [-0.4, -0.2) is 15.8 Å². The molecule has 0 atom stereocenters. The van der Waals surface area contributed by atoms with Gasteiger partial charge in [0.15, 0.2) is 5.69 Å². The summed E-state index contributed by atoms with van der Waals surface area (Å²) in [4.78, 5) is 18.1. The summed E-state index contributed by atoms with van der Waals surface area (Å²) < 4.78 is 12.6. The molecule has 1 aromatic carbocycles. The maximum atomic E-state index is 12.6. The Morgan fingerprint density at radius 1 is 1.33 bits per heavy atom. The van der Waals surface area contributed by atoms with E-state index in [2.05, 4.69) is 9.97 Å². The predicted molar refractivity (Wildman–Crippen MR) is 52.8 cm³/mol. The quantitative estimate of drug-likeness (QED) is 0.727. The molecule has 0 aliphatic carbocycles. The molecule has 0 spiro atoms. The molecule has 0 amide bonds.